The fourth-order valence-corrected chi connectivity index (χ4v) is 2.33. The van der Waals surface area contributed by atoms with E-state index >= 15 is 0 Å². The molecule has 0 aromatic heterocycles. The maximum Gasteiger partial charge on any atom is 0.0594 e. The first-order valence-corrected chi connectivity index (χ1v) is 6.61. The lowest BCUT2D eigenvalue weighted by molar-refractivity contribution is 0.866. The molecule has 0 unspecified atom stereocenters. The summed E-state index contributed by atoms with van der Waals surface area (Å²) in [5, 5.41) is 1.36. The van der Waals surface area contributed by atoms with Crippen LogP contribution in [-0.4, -0.2) is 0 Å². The Labute approximate surface area is 115 Å². The van der Waals surface area contributed by atoms with E-state index in [0.29, 0.717) is 10.1 Å². The molecular formula is C13H13BrCl2. The number of benzene rings is 1. The lowest BCUT2D eigenvalue weighted by Crippen LogP contribution is -1.83. The molecule has 3 heteroatoms. The van der Waals surface area contributed by atoms with Crippen LogP contribution in [0, 0.1) is 0 Å². The first-order valence-electron chi connectivity index (χ1n) is 5.06. The van der Waals surface area contributed by atoms with Crippen molar-refractivity contribution in [3.05, 3.63) is 52.0 Å². The van der Waals surface area contributed by atoms with Crippen LogP contribution in [0.15, 0.2) is 41.4 Å². The first-order chi connectivity index (χ1) is 7.66. The van der Waals surface area contributed by atoms with Crippen molar-refractivity contribution >= 4 is 44.2 Å². The molecule has 0 N–H and O–H groups in total. The summed E-state index contributed by atoms with van der Waals surface area (Å²) in [5.74, 6) is 0. The minimum Gasteiger partial charge on any atom is -0.103 e. The smallest absolute Gasteiger partial charge is 0.0594 e. The normalized spacial score (nSPS) is 12.2. The molecule has 1 aromatic carbocycles. The average Bonchev–Trinajstić information content (AvgIpc) is 2.29. The molecule has 0 saturated carbocycles. The van der Waals surface area contributed by atoms with Gasteiger partial charge in [-0.15, -0.1) is 6.58 Å². The van der Waals surface area contributed by atoms with Crippen LogP contribution in [0.4, 0.5) is 0 Å². The Kier molecular flexibility index (Phi) is 6.18. The summed E-state index contributed by atoms with van der Waals surface area (Å²) in [4.78, 5) is 0. The molecule has 16 heavy (non-hydrogen) atoms. The number of hydrogen-bond acceptors (Lipinski definition) is 0. The van der Waals surface area contributed by atoms with E-state index in [4.69, 9.17) is 23.2 Å². The van der Waals surface area contributed by atoms with Gasteiger partial charge in [-0.25, -0.2) is 0 Å². The Morgan fingerprint density at radius 2 is 2.06 bits per heavy atom. The van der Waals surface area contributed by atoms with Crippen molar-refractivity contribution < 1.29 is 0 Å². The molecule has 0 radical (unpaired) electrons. The van der Waals surface area contributed by atoms with E-state index < -0.39 is 0 Å². The molecule has 0 fully saturated rings. The van der Waals surface area contributed by atoms with E-state index in [1.54, 1.807) is 0 Å². The highest BCUT2D eigenvalue weighted by molar-refractivity contribution is 9.11. The third-order valence-electron chi connectivity index (χ3n) is 2.15. The van der Waals surface area contributed by atoms with Gasteiger partial charge in [-0.3, -0.25) is 0 Å². The van der Waals surface area contributed by atoms with Gasteiger partial charge in [0.1, 0.15) is 0 Å². The van der Waals surface area contributed by atoms with Gasteiger partial charge in [0.2, 0.25) is 0 Å². The van der Waals surface area contributed by atoms with Crippen LogP contribution in [0.3, 0.4) is 0 Å². The zero-order valence-corrected chi connectivity index (χ0v) is 11.9. The predicted molar refractivity (Wildman–Crippen MR) is 77.2 cm³/mol. The standard InChI is InChI=1S/C13H13BrCl2/c1-2-3-4-8-11(14)13(16)10-7-5-6-9-12(10)15/h2,5-7,9H,1,3-4,8H2/b13-11-. The minimum absolute atomic E-state index is 0.674. The average molecular weight is 320 g/mol. The van der Waals surface area contributed by atoms with Gasteiger partial charge in [0.05, 0.1) is 5.03 Å². The lowest BCUT2D eigenvalue weighted by Gasteiger charge is -2.06. The van der Waals surface area contributed by atoms with Crippen LogP contribution in [-0.2, 0) is 0 Å². The van der Waals surface area contributed by atoms with Crippen LogP contribution in [0.1, 0.15) is 24.8 Å². The van der Waals surface area contributed by atoms with Crippen molar-refractivity contribution in [3.8, 4) is 0 Å². The number of halogens is 3. The van der Waals surface area contributed by atoms with Crippen molar-refractivity contribution in [1.29, 1.82) is 0 Å². The minimum atomic E-state index is 0.674. The molecule has 0 spiro atoms. The second-order valence-electron chi connectivity index (χ2n) is 3.38. The molecule has 0 aliphatic carbocycles. The van der Waals surface area contributed by atoms with Crippen molar-refractivity contribution in [2.45, 2.75) is 19.3 Å². The summed E-state index contributed by atoms with van der Waals surface area (Å²) in [6, 6.07) is 7.57. The molecule has 0 bridgehead atoms. The molecule has 86 valence electrons. The summed E-state index contributed by atoms with van der Waals surface area (Å²) in [6.45, 7) is 3.69. The molecule has 0 saturated heterocycles. The third kappa shape index (κ3) is 3.97. The molecule has 0 nitrogen and oxygen atoms in total. The Morgan fingerprint density at radius 3 is 2.69 bits per heavy atom. The first kappa shape index (κ1) is 13.8. The Hall–Kier alpha value is -0.240. The summed E-state index contributed by atoms with van der Waals surface area (Å²) < 4.78 is 0.990. The fourth-order valence-electron chi connectivity index (χ4n) is 1.30. The molecule has 0 atom stereocenters. The maximum absolute atomic E-state index is 6.26. The quantitative estimate of drug-likeness (QED) is 0.461. The van der Waals surface area contributed by atoms with Gasteiger partial charge in [-0.2, -0.15) is 0 Å². The highest BCUT2D eigenvalue weighted by atomic mass is 79.9. The van der Waals surface area contributed by atoms with Crippen molar-refractivity contribution in [2.75, 3.05) is 0 Å². The van der Waals surface area contributed by atoms with Crippen molar-refractivity contribution in [3.63, 3.8) is 0 Å². The molecule has 1 rings (SSSR count). The molecular weight excluding hydrogens is 307 g/mol. The highest BCUT2D eigenvalue weighted by Gasteiger charge is 2.07. The van der Waals surface area contributed by atoms with Crippen LogP contribution in [0.2, 0.25) is 5.02 Å². The Bertz CT molecular complexity index is 397. The van der Waals surface area contributed by atoms with E-state index in [9.17, 15) is 0 Å². The van der Waals surface area contributed by atoms with Gasteiger partial charge in [0.15, 0.2) is 0 Å². The zero-order chi connectivity index (χ0) is 12.0. The van der Waals surface area contributed by atoms with Gasteiger partial charge in [-0.1, -0.05) is 63.4 Å². The predicted octanol–water partition coefficient (Wildman–Crippen LogP) is 6.00. The summed E-state index contributed by atoms with van der Waals surface area (Å²) in [7, 11) is 0. The Balaban J connectivity index is 2.82. The van der Waals surface area contributed by atoms with E-state index in [1.807, 2.05) is 30.3 Å². The van der Waals surface area contributed by atoms with Gasteiger partial charge in [0.25, 0.3) is 0 Å². The van der Waals surface area contributed by atoms with Gasteiger partial charge >= 0.3 is 0 Å². The molecule has 0 aliphatic heterocycles. The van der Waals surface area contributed by atoms with Gasteiger partial charge in [-0.05, 0) is 25.3 Å². The summed E-state index contributed by atoms with van der Waals surface area (Å²) in [5.41, 5.74) is 0.872. The van der Waals surface area contributed by atoms with Crippen molar-refractivity contribution in [1.82, 2.24) is 0 Å². The third-order valence-corrected chi connectivity index (χ3v) is 3.94. The SMILES string of the molecule is C=CCCC/C(Br)=C(/Cl)c1ccccc1Cl. The van der Waals surface area contributed by atoms with E-state index in [2.05, 4.69) is 22.5 Å². The molecule has 0 heterocycles. The number of hydrogen-bond donors (Lipinski definition) is 0. The Morgan fingerprint density at radius 1 is 1.38 bits per heavy atom. The molecule has 0 aliphatic rings. The number of unbranched alkanes of at least 4 members (excludes halogenated alkanes) is 1. The van der Waals surface area contributed by atoms with Crippen LogP contribution in [0.25, 0.3) is 5.03 Å². The maximum atomic E-state index is 6.26. The second kappa shape index (κ2) is 7.16. The highest BCUT2D eigenvalue weighted by Crippen LogP contribution is 2.33. The zero-order valence-electron chi connectivity index (χ0n) is 8.85. The van der Waals surface area contributed by atoms with Crippen molar-refractivity contribution in [2.24, 2.45) is 0 Å². The van der Waals surface area contributed by atoms with Crippen LogP contribution in [0.5, 0.6) is 0 Å². The van der Waals surface area contributed by atoms with E-state index in [-0.39, 0.29) is 0 Å². The van der Waals surface area contributed by atoms with E-state index in [0.717, 1.165) is 29.3 Å². The number of rotatable bonds is 5. The van der Waals surface area contributed by atoms with E-state index in [1.165, 1.54) is 0 Å². The lowest BCUT2D eigenvalue weighted by atomic mass is 10.1. The monoisotopic (exact) mass is 318 g/mol. The largest absolute Gasteiger partial charge is 0.103 e. The van der Waals surface area contributed by atoms with Crippen LogP contribution >= 0.6 is 39.1 Å². The summed E-state index contributed by atoms with van der Waals surface area (Å²) in [6.07, 6.45) is 4.83. The topological polar surface area (TPSA) is 0 Å². The second-order valence-corrected chi connectivity index (χ2v) is 5.12. The van der Waals surface area contributed by atoms with Gasteiger partial charge < -0.3 is 0 Å². The fraction of sp³-hybridized carbons (Fsp3) is 0.231. The molecule has 0 amide bonds. The summed E-state index contributed by atoms with van der Waals surface area (Å²) >= 11 is 15.8. The van der Waals surface area contributed by atoms with Gasteiger partial charge in [0, 0.05) is 15.1 Å². The number of allylic oxidation sites excluding steroid dienone is 2. The van der Waals surface area contributed by atoms with Crippen LogP contribution < -0.4 is 0 Å². The molecule has 1 aromatic rings.